The predicted octanol–water partition coefficient (Wildman–Crippen LogP) is 2.63. The molecule has 0 spiro atoms. The van der Waals surface area contributed by atoms with Gasteiger partial charge in [0.2, 0.25) is 5.91 Å². The SMILES string of the molecule is CCN(CC(=O)O)C1CC(NC(=O)CSCc2cccc(Cl)c2)C1. The van der Waals surface area contributed by atoms with Crippen LogP contribution in [0.25, 0.3) is 0 Å². The van der Waals surface area contributed by atoms with Crippen LogP contribution in [0.15, 0.2) is 24.3 Å². The van der Waals surface area contributed by atoms with Crippen molar-refractivity contribution in [3.63, 3.8) is 0 Å². The number of thioether (sulfide) groups is 1. The molecule has 24 heavy (non-hydrogen) atoms. The number of nitrogens with one attached hydrogen (secondary N) is 1. The molecular formula is C17H23ClN2O3S. The number of rotatable bonds is 9. The number of likely N-dealkylation sites (N-methyl/N-ethyl adjacent to an activating group) is 1. The lowest BCUT2D eigenvalue weighted by atomic mass is 9.85. The lowest BCUT2D eigenvalue weighted by Crippen LogP contribution is -2.55. The third kappa shape index (κ3) is 6.00. The van der Waals surface area contributed by atoms with Gasteiger partial charge in [-0.05, 0) is 37.1 Å². The molecule has 0 aromatic heterocycles. The van der Waals surface area contributed by atoms with E-state index >= 15 is 0 Å². The van der Waals surface area contributed by atoms with E-state index in [1.807, 2.05) is 36.1 Å². The highest BCUT2D eigenvalue weighted by Crippen LogP contribution is 2.25. The maximum atomic E-state index is 12.0. The molecule has 132 valence electrons. The number of carboxylic acid groups (broad SMARTS) is 1. The lowest BCUT2D eigenvalue weighted by molar-refractivity contribution is -0.139. The van der Waals surface area contributed by atoms with Crippen LogP contribution >= 0.6 is 23.4 Å². The first-order chi connectivity index (χ1) is 11.5. The Balaban J connectivity index is 1.63. The highest BCUT2D eigenvalue weighted by Gasteiger charge is 2.34. The molecule has 0 bridgehead atoms. The van der Waals surface area contributed by atoms with E-state index < -0.39 is 5.97 Å². The van der Waals surface area contributed by atoms with E-state index in [2.05, 4.69) is 5.32 Å². The van der Waals surface area contributed by atoms with E-state index in [0.717, 1.165) is 24.2 Å². The Hall–Kier alpha value is -1.24. The summed E-state index contributed by atoms with van der Waals surface area (Å²) in [7, 11) is 0. The zero-order chi connectivity index (χ0) is 17.5. The quantitative estimate of drug-likeness (QED) is 0.699. The molecule has 0 saturated heterocycles. The van der Waals surface area contributed by atoms with Crippen molar-refractivity contribution in [1.82, 2.24) is 10.2 Å². The molecule has 1 aliphatic rings. The van der Waals surface area contributed by atoms with Gasteiger partial charge in [-0.1, -0.05) is 30.7 Å². The molecule has 1 aromatic carbocycles. The lowest BCUT2D eigenvalue weighted by Gasteiger charge is -2.42. The molecule has 2 N–H and O–H groups in total. The molecule has 1 aromatic rings. The first-order valence-corrected chi connectivity index (χ1v) is 9.58. The molecular weight excluding hydrogens is 348 g/mol. The van der Waals surface area contributed by atoms with Crippen LogP contribution in [-0.4, -0.2) is 52.8 Å². The number of carbonyl (C=O) groups is 2. The van der Waals surface area contributed by atoms with Crippen LogP contribution in [0.4, 0.5) is 0 Å². The van der Waals surface area contributed by atoms with Gasteiger partial charge in [0, 0.05) is 22.9 Å². The minimum Gasteiger partial charge on any atom is -0.480 e. The van der Waals surface area contributed by atoms with Crippen LogP contribution in [0, 0.1) is 0 Å². The summed E-state index contributed by atoms with van der Waals surface area (Å²) in [6.07, 6.45) is 1.65. The van der Waals surface area contributed by atoms with Crippen LogP contribution in [-0.2, 0) is 15.3 Å². The number of carboxylic acids is 1. The summed E-state index contributed by atoms with van der Waals surface area (Å²) >= 11 is 7.50. The summed E-state index contributed by atoms with van der Waals surface area (Å²) in [4.78, 5) is 24.7. The molecule has 1 fully saturated rings. The summed E-state index contributed by atoms with van der Waals surface area (Å²) in [5.74, 6) is 0.401. The standard InChI is InChI=1S/C17H23ClN2O3S/c1-2-20(9-17(22)23)15-7-14(8-15)19-16(21)11-24-10-12-4-3-5-13(18)6-12/h3-6,14-15H,2,7-11H2,1H3,(H,19,21)(H,22,23). The van der Waals surface area contributed by atoms with Crippen LogP contribution in [0.5, 0.6) is 0 Å². The van der Waals surface area contributed by atoms with Gasteiger partial charge in [-0.2, -0.15) is 0 Å². The number of nitrogens with zero attached hydrogens (tertiary/aromatic N) is 1. The van der Waals surface area contributed by atoms with Crippen molar-refractivity contribution in [2.75, 3.05) is 18.8 Å². The predicted molar refractivity (Wildman–Crippen MR) is 97.4 cm³/mol. The van der Waals surface area contributed by atoms with Crippen LogP contribution in [0.3, 0.4) is 0 Å². The molecule has 0 heterocycles. The Morgan fingerprint density at radius 3 is 2.79 bits per heavy atom. The van der Waals surface area contributed by atoms with Gasteiger partial charge in [0.25, 0.3) is 0 Å². The van der Waals surface area contributed by atoms with E-state index in [-0.39, 0.29) is 24.5 Å². The van der Waals surface area contributed by atoms with Crippen molar-refractivity contribution < 1.29 is 14.7 Å². The zero-order valence-corrected chi connectivity index (χ0v) is 15.3. The Kier molecular flexibility index (Phi) is 7.40. The fourth-order valence-corrected chi connectivity index (χ4v) is 3.83. The average molecular weight is 371 g/mol. The second kappa shape index (κ2) is 9.30. The largest absolute Gasteiger partial charge is 0.480 e. The molecule has 0 unspecified atom stereocenters. The topological polar surface area (TPSA) is 69.6 Å². The monoisotopic (exact) mass is 370 g/mol. The third-order valence-corrected chi connectivity index (χ3v) is 5.37. The van der Waals surface area contributed by atoms with Gasteiger partial charge in [0.15, 0.2) is 0 Å². The maximum Gasteiger partial charge on any atom is 0.317 e. The minimum absolute atomic E-state index is 0.0340. The Morgan fingerprint density at radius 2 is 2.17 bits per heavy atom. The second-order valence-corrected chi connectivity index (χ2v) is 7.39. The number of benzene rings is 1. The van der Waals surface area contributed by atoms with Gasteiger partial charge in [0.05, 0.1) is 12.3 Å². The molecule has 5 nitrogen and oxygen atoms in total. The molecule has 0 aliphatic heterocycles. The number of halogens is 1. The second-order valence-electron chi connectivity index (χ2n) is 5.97. The van der Waals surface area contributed by atoms with Crippen molar-refractivity contribution in [1.29, 1.82) is 0 Å². The van der Waals surface area contributed by atoms with Crippen molar-refractivity contribution in [2.45, 2.75) is 37.6 Å². The molecule has 1 saturated carbocycles. The van der Waals surface area contributed by atoms with Crippen LogP contribution < -0.4 is 5.32 Å². The Bertz CT molecular complexity index is 579. The number of hydrogen-bond acceptors (Lipinski definition) is 4. The van der Waals surface area contributed by atoms with Gasteiger partial charge in [-0.3, -0.25) is 14.5 Å². The van der Waals surface area contributed by atoms with Gasteiger partial charge in [-0.15, -0.1) is 11.8 Å². The number of carbonyl (C=O) groups excluding carboxylic acids is 1. The number of amides is 1. The van der Waals surface area contributed by atoms with Crippen LogP contribution in [0.2, 0.25) is 5.02 Å². The highest BCUT2D eigenvalue weighted by molar-refractivity contribution is 7.99. The van der Waals surface area contributed by atoms with Crippen LogP contribution in [0.1, 0.15) is 25.3 Å². The molecule has 0 atom stereocenters. The van der Waals surface area contributed by atoms with Crippen molar-refractivity contribution in [3.8, 4) is 0 Å². The molecule has 1 amide bonds. The van der Waals surface area contributed by atoms with Gasteiger partial charge >= 0.3 is 5.97 Å². The van der Waals surface area contributed by atoms with Crippen molar-refractivity contribution in [3.05, 3.63) is 34.9 Å². The van der Waals surface area contributed by atoms with Gasteiger partial charge < -0.3 is 10.4 Å². The zero-order valence-electron chi connectivity index (χ0n) is 13.7. The third-order valence-electron chi connectivity index (χ3n) is 4.13. The van der Waals surface area contributed by atoms with E-state index in [1.54, 1.807) is 11.8 Å². The fourth-order valence-electron chi connectivity index (χ4n) is 2.83. The minimum atomic E-state index is -0.804. The van der Waals surface area contributed by atoms with Crippen molar-refractivity contribution >= 4 is 35.2 Å². The summed E-state index contributed by atoms with van der Waals surface area (Å²) in [6.45, 7) is 2.74. The van der Waals surface area contributed by atoms with E-state index in [4.69, 9.17) is 16.7 Å². The first kappa shape index (κ1) is 19.1. The van der Waals surface area contributed by atoms with E-state index in [9.17, 15) is 9.59 Å². The Labute approximate surface area is 151 Å². The number of aliphatic carboxylic acids is 1. The summed E-state index contributed by atoms with van der Waals surface area (Å²) < 4.78 is 0. The number of hydrogen-bond donors (Lipinski definition) is 2. The summed E-state index contributed by atoms with van der Waals surface area (Å²) in [5, 5.41) is 12.6. The van der Waals surface area contributed by atoms with E-state index in [0.29, 0.717) is 17.3 Å². The fraction of sp³-hybridized carbons (Fsp3) is 0.529. The van der Waals surface area contributed by atoms with Crippen molar-refractivity contribution in [2.24, 2.45) is 0 Å². The van der Waals surface area contributed by atoms with Gasteiger partial charge in [0.1, 0.15) is 0 Å². The first-order valence-electron chi connectivity index (χ1n) is 8.05. The summed E-state index contributed by atoms with van der Waals surface area (Å²) in [5.41, 5.74) is 1.11. The molecule has 7 heteroatoms. The average Bonchev–Trinajstić information content (AvgIpc) is 2.48. The smallest absolute Gasteiger partial charge is 0.317 e. The molecule has 2 rings (SSSR count). The normalized spacial score (nSPS) is 19.8. The molecule has 1 aliphatic carbocycles. The maximum absolute atomic E-state index is 12.0. The van der Waals surface area contributed by atoms with E-state index in [1.165, 1.54) is 0 Å². The van der Waals surface area contributed by atoms with Gasteiger partial charge in [-0.25, -0.2) is 0 Å². The summed E-state index contributed by atoms with van der Waals surface area (Å²) in [6, 6.07) is 8.07. The Morgan fingerprint density at radius 1 is 1.42 bits per heavy atom. The highest BCUT2D eigenvalue weighted by atomic mass is 35.5. The molecule has 0 radical (unpaired) electrons.